The average Bonchev–Trinajstić information content (AvgIpc) is 3.05. The number of thiazole rings is 1. The van der Waals surface area contributed by atoms with E-state index in [-0.39, 0.29) is 11.4 Å². The molecule has 1 aromatic carbocycles. The highest BCUT2D eigenvalue weighted by atomic mass is 32.1. The van der Waals surface area contributed by atoms with Crippen molar-refractivity contribution >= 4 is 22.4 Å². The summed E-state index contributed by atoms with van der Waals surface area (Å²) < 4.78 is 15.4. The number of nitrogens with zero attached hydrogens (tertiary/aromatic N) is 4. The summed E-state index contributed by atoms with van der Waals surface area (Å²) in [5.41, 5.74) is 1.65. The maximum atomic E-state index is 14.1. The summed E-state index contributed by atoms with van der Waals surface area (Å²) in [5, 5.41) is 10.9. The molecule has 0 radical (unpaired) electrons. The maximum absolute atomic E-state index is 14.1. The van der Waals surface area contributed by atoms with Gasteiger partial charge in [-0.05, 0) is 38.5 Å². The molecule has 0 spiro atoms. The van der Waals surface area contributed by atoms with E-state index in [9.17, 15) is 9.18 Å². The van der Waals surface area contributed by atoms with Crippen molar-refractivity contribution in [3.63, 3.8) is 0 Å². The molecule has 0 aliphatic rings. The third-order valence-corrected chi connectivity index (χ3v) is 4.11. The molecule has 0 unspecified atom stereocenters. The molecule has 0 saturated heterocycles. The van der Waals surface area contributed by atoms with E-state index < -0.39 is 11.7 Å². The lowest BCUT2D eigenvalue weighted by Gasteiger charge is -2.06. The molecule has 118 valence electrons. The summed E-state index contributed by atoms with van der Waals surface area (Å²) in [7, 11) is 0. The minimum absolute atomic E-state index is 0.137. The van der Waals surface area contributed by atoms with Crippen LogP contribution in [-0.4, -0.2) is 25.9 Å². The summed E-state index contributed by atoms with van der Waals surface area (Å²) in [6, 6.07) is 4.80. The number of rotatable bonds is 3. The highest BCUT2D eigenvalue weighted by Gasteiger charge is 2.19. The first-order chi connectivity index (χ1) is 11.0. The largest absolute Gasteiger partial charge is 0.296 e. The number of anilines is 1. The molecule has 1 amide bonds. The normalized spacial score (nSPS) is 10.8. The first kappa shape index (κ1) is 15.3. The lowest BCUT2D eigenvalue weighted by molar-refractivity contribution is 0.102. The van der Waals surface area contributed by atoms with Gasteiger partial charge in [-0.15, -0.1) is 16.4 Å². The molecule has 2 heterocycles. The number of carbonyl (C=O) groups excluding carboxylic acids is 1. The lowest BCUT2D eigenvalue weighted by Crippen LogP contribution is -2.14. The molecule has 2 aromatic heterocycles. The molecule has 0 saturated carbocycles. The van der Waals surface area contributed by atoms with Crippen molar-refractivity contribution in [3.05, 3.63) is 52.0 Å². The molecular weight excluding hydrogens is 317 g/mol. The highest BCUT2D eigenvalue weighted by Crippen LogP contribution is 2.20. The number of carbonyl (C=O) groups is 1. The number of aromatic nitrogens is 4. The number of benzene rings is 1. The van der Waals surface area contributed by atoms with Gasteiger partial charge in [-0.3, -0.25) is 10.1 Å². The lowest BCUT2D eigenvalue weighted by atomic mass is 10.2. The van der Waals surface area contributed by atoms with E-state index in [0.717, 1.165) is 10.4 Å². The van der Waals surface area contributed by atoms with E-state index in [2.05, 4.69) is 20.6 Å². The number of hydrogen-bond acceptors (Lipinski definition) is 5. The van der Waals surface area contributed by atoms with Gasteiger partial charge in [0.05, 0.1) is 5.69 Å². The van der Waals surface area contributed by atoms with Crippen LogP contribution < -0.4 is 5.32 Å². The molecule has 0 aliphatic carbocycles. The van der Waals surface area contributed by atoms with E-state index >= 15 is 0 Å². The quantitative estimate of drug-likeness (QED) is 0.800. The first-order valence-electron chi connectivity index (χ1n) is 6.88. The number of amides is 1. The van der Waals surface area contributed by atoms with Crippen molar-refractivity contribution in [2.45, 2.75) is 20.8 Å². The minimum Gasteiger partial charge on any atom is -0.296 e. The number of aryl methyl sites for hydroxylation is 2. The number of nitrogens with one attached hydrogen (secondary N) is 1. The Balaban J connectivity index is 1.91. The van der Waals surface area contributed by atoms with Gasteiger partial charge < -0.3 is 0 Å². The van der Waals surface area contributed by atoms with Gasteiger partial charge in [0.2, 0.25) is 0 Å². The zero-order chi connectivity index (χ0) is 16.6. The van der Waals surface area contributed by atoms with Crippen LogP contribution in [0.1, 0.15) is 26.6 Å². The fraction of sp³-hybridized carbons (Fsp3) is 0.200. The zero-order valence-corrected chi connectivity index (χ0v) is 13.6. The number of halogens is 1. The molecular formula is C15H14FN5OS. The van der Waals surface area contributed by atoms with Crippen molar-refractivity contribution in [3.8, 4) is 5.69 Å². The Morgan fingerprint density at radius 2 is 2.09 bits per heavy atom. The van der Waals surface area contributed by atoms with Gasteiger partial charge >= 0.3 is 0 Å². The van der Waals surface area contributed by atoms with Gasteiger partial charge in [0.25, 0.3) is 5.91 Å². The van der Waals surface area contributed by atoms with Gasteiger partial charge in [0.1, 0.15) is 11.5 Å². The van der Waals surface area contributed by atoms with Gasteiger partial charge in [-0.25, -0.2) is 14.1 Å². The minimum atomic E-state index is -0.421. The molecule has 0 bridgehead atoms. The second-order valence-corrected chi connectivity index (χ2v) is 6.36. The Morgan fingerprint density at radius 1 is 1.30 bits per heavy atom. The second-order valence-electron chi connectivity index (χ2n) is 5.12. The van der Waals surface area contributed by atoms with E-state index in [4.69, 9.17) is 0 Å². The van der Waals surface area contributed by atoms with Crippen LogP contribution in [0, 0.1) is 26.6 Å². The fourth-order valence-electron chi connectivity index (χ4n) is 2.12. The molecule has 0 atom stereocenters. The van der Waals surface area contributed by atoms with Crippen LogP contribution in [0.2, 0.25) is 0 Å². The SMILES string of the molecule is Cc1ccc(-n2nnc(C(=O)Nc3ncc(C)s3)c2C)c(F)c1. The van der Waals surface area contributed by atoms with Crippen LogP contribution in [-0.2, 0) is 0 Å². The molecule has 6 nitrogen and oxygen atoms in total. The second kappa shape index (κ2) is 5.88. The Morgan fingerprint density at radius 3 is 2.74 bits per heavy atom. The highest BCUT2D eigenvalue weighted by molar-refractivity contribution is 7.15. The van der Waals surface area contributed by atoms with Gasteiger partial charge in [0, 0.05) is 11.1 Å². The van der Waals surface area contributed by atoms with Crippen LogP contribution in [0.15, 0.2) is 24.4 Å². The summed E-state index contributed by atoms with van der Waals surface area (Å²) in [6.45, 7) is 5.37. The smallest absolute Gasteiger partial charge is 0.279 e. The van der Waals surface area contributed by atoms with Crippen LogP contribution in [0.5, 0.6) is 0 Å². The van der Waals surface area contributed by atoms with Crippen molar-refractivity contribution in [2.75, 3.05) is 5.32 Å². The molecule has 0 aliphatic heterocycles. The standard InChI is InChI=1S/C15H14FN5OS/c1-8-4-5-12(11(16)6-8)21-10(3)13(19-20-21)14(22)18-15-17-7-9(2)23-15/h4-7H,1-3H3,(H,17,18,22). The monoisotopic (exact) mass is 331 g/mol. The molecule has 8 heteroatoms. The van der Waals surface area contributed by atoms with Crippen LogP contribution in [0.25, 0.3) is 5.69 Å². The van der Waals surface area contributed by atoms with Crippen LogP contribution in [0.4, 0.5) is 9.52 Å². The number of hydrogen-bond donors (Lipinski definition) is 1. The molecule has 3 aromatic rings. The summed E-state index contributed by atoms with van der Waals surface area (Å²) in [4.78, 5) is 17.3. The van der Waals surface area contributed by atoms with Gasteiger partial charge in [-0.1, -0.05) is 11.3 Å². The van der Waals surface area contributed by atoms with Crippen molar-refractivity contribution in [2.24, 2.45) is 0 Å². The van der Waals surface area contributed by atoms with Crippen molar-refractivity contribution in [1.82, 2.24) is 20.0 Å². The Kier molecular flexibility index (Phi) is 3.91. The maximum Gasteiger partial charge on any atom is 0.279 e. The van der Waals surface area contributed by atoms with Gasteiger partial charge in [0.15, 0.2) is 10.8 Å². The topological polar surface area (TPSA) is 72.7 Å². The summed E-state index contributed by atoms with van der Waals surface area (Å²) in [6.07, 6.45) is 1.67. The summed E-state index contributed by atoms with van der Waals surface area (Å²) >= 11 is 1.37. The Bertz CT molecular complexity index is 886. The first-order valence-corrected chi connectivity index (χ1v) is 7.70. The van der Waals surface area contributed by atoms with Gasteiger partial charge in [-0.2, -0.15) is 0 Å². The Labute approximate surface area is 136 Å². The third-order valence-electron chi connectivity index (χ3n) is 3.28. The molecule has 1 N–H and O–H groups in total. The van der Waals surface area contributed by atoms with Crippen LogP contribution in [0.3, 0.4) is 0 Å². The molecule has 23 heavy (non-hydrogen) atoms. The fourth-order valence-corrected chi connectivity index (χ4v) is 2.78. The summed E-state index contributed by atoms with van der Waals surface area (Å²) in [5.74, 6) is -0.837. The van der Waals surface area contributed by atoms with E-state index in [1.807, 2.05) is 6.92 Å². The predicted octanol–water partition coefficient (Wildman–Crippen LogP) is 3.04. The average molecular weight is 331 g/mol. The third kappa shape index (κ3) is 2.98. The van der Waals surface area contributed by atoms with Crippen molar-refractivity contribution in [1.29, 1.82) is 0 Å². The van der Waals surface area contributed by atoms with E-state index in [0.29, 0.717) is 10.8 Å². The molecule has 3 rings (SSSR count). The van der Waals surface area contributed by atoms with Crippen molar-refractivity contribution < 1.29 is 9.18 Å². The van der Waals surface area contributed by atoms with Crippen LogP contribution >= 0.6 is 11.3 Å². The van der Waals surface area contributed by atoms with E-state index in [1.54, 1.807) is 32.2 Å². The van der Waals surface area contributed by atoms with E-state index in [1.165, 1.54) is 22.1 Å². The zero-order valence-electron chi connectivity index (χ0n) is 12.8. The predicted molar refractivity (Wildman–Crippen MR) is 85.6 cm³/mol. The Hall–Kier alpha value is -2.61. The molecule has 0 fully saturated rings.